The van der Waals surface area contributed by atoms with E-state index in [9.17, 15) is 0 Å². The summed E-state index contributed by atoms with van der Waals surface area (Å²) in [5, 5.41) is 3.75. The minimum absolute atomic E-state index is 0.274. The lowest BCUT2D eigenvalue weighted by Crippen LogP contribution is -2.25. The lowest BCUT2D eigenvalue weighted by Gasteiger charge is -2.30. The Bertz CT molecular complexity index is 894. The third-order valence-corrected chi connectivity index (χ3v) is 5.26. The molecular formula is C24H25N. The quantitative estimate of drug-likeness (QED) is 0.693. The van der Waals surface area contributed by atoms with Crippen molar-refractivity contribution in [2.45, 2.75) is 39.7 Å². The SMILES string of the molecule is CC1=CC=C(C2C=C(c3ccc(C)cc3)c3cc(C)ccc3N2)CC1. The summed E-state index contributed by atoms with van der Waals surface area (Å²) in [6.07, 6.45) is 9.29. The minimum atomic E-state index is 0.274. The van der Waals surface area contributed by atoms with Gasteiger partial charge in [0.1, 0.15) is 0 Å². The van der Waals surface area contributed by atoms with Gasteiger partial charge in [-0.05, 0) is 68.5 Å². The van der Waals surface area contributed by atoms with Crippen molar-refractivity contribution in [2.24, 2.45) is 0 Å². The number of allylic oxidation sites excluding steroid dienone is 3. The zero-order valence-electron chi connectivity index (χ0n) is 15.3. The van der Waals surface area contributed by atoms with Crippen LogP contribution in [0.1, 0.15) is 42.0 Å². The van der Waals surface area contributed by atoms with Gasteiger partial charge in [0.15, 0.2) is 0 Å². The molecule has 1 heterocycles. The molecule has 1 N–H and O–H groups in total. The highest BCUT2D eigenvalue weighted by Gasteiger charge is 2.23. The number of fused-ring (bicyclic) bond motifs is 1. The van der Waals surface area contributed by atoms with E-state index in [0.29, 0.717) is 0 Å². The first kappa shape index (κ1) is 16.0. The molecule has 2 aromatic carbocycles. The Morgan fingerprint density at radius 1 is 0.840 bits per heavy atom. The molecule has 0 aromatic heterocycles. The molecule has 1 nitrogen and oxygen atoms in total. The Balaban J connectivity index is 1.81. The van der Waals surface area contributed by atoms with Crippen molar-refractivity contribution < 1.29 is 0 Å². The molecule has 2 aliphatic rings. The normalized spacial score (nSPS) is 19.3. The Labute approximate surface area is 150 Å². The van der Waals surface area contributed by atoms with Crippen molar-refractivity contribution in [1.82, 2.24) is 0 Å². The van der Waals surface area contributed by atoms with Gasteiger partial charge in [0.25, 0.3) is 0 Å². The Hall–Kier alpha value is -2.54. The average molecular weight is 327 g/mol. The summed E-state index contributed by atoms with van der Waals surface area (Å²) in [5.41, 5.74) is 10.7. The summed E-state index contributed by atoms with van der Waals surface area (Å²) >= 11 is 0. The van der Waals surface area contributed by atoms with E-state index in [1.165, 1.54) is 51.1 Å². The lowest BCUT2D eigenvalue weighted by atomic mass is 9.86. The fourth-order valence-electron chi connectivity index (χ4n) is 3.67. The topological polar surface area (TPSA) is 12.0 Å². The zero-order chi connectivity index (χ0) is 17.4. The number of aryl methyl sites for hydroxylation is 2. The van der Waals surface area contributed by atoms with Gasteiger partial charge in [0.05, 0.1) is 6.04 Å². The summed E-state index contributed by atoms with van der Waals surface area (Å²) in [7, 11) is 0. The summed E-state index contributed by atoms with van der Waals surface area (Å²) in [6, 6.07) is 15.9. The Morgan fingerprint density at radius 2 is 1.60 bits per heavy atom. The second-order valence-corrected chi connectivity index (χ2v) is 7.37. The summed E-state index contributed by atoms with van der Waals surface area (Å²) in [5.74, 6) is 0. The van der Waals surface area contributed by atoms with Crippen LogP contribution in [0, 0.1) is 13.8 Å². The van der Waals surface area contributed by atoms with Crippen molar-refractivity contribution in [1.29, 1.82) is 0 Å². The maximum atomic E-state index is 3.75. The predicted molar refractivity (Wildman–Crippen MR) is 108 cm³/mol. The van der Waals surface area contributed by atoms with Gasteiger partial charge in [-0.2, -0.15) is 0 Å². The van der Waals surface area contributed by atoms with Crippen molar-refractivity contribution in [2.75, 3.05) is 5.32 Å². The van der Waals surface area contributed by atoms with Gasteiger partial charge in [-0.25, -0.2) is 0 Å². The summed E-state index contributed by atoms with van der Waals surface area (Å²) in [6.45, 7) is 6.52. The van der Waals surface area contributed by atoms with Crippen LogP contribution >= 0.6 is 0 Å². The molecule has 0 saturated heterocycles. The van der Waals surface area contributed by atoms with Gasteiger partial charge in [0, 0.05) is 11.3 Å². The van der Waals surface area contributed by atoms with Crippen LogP contribution in [0.3, 0.4) is 0 Å². The van der Waals surface area contributed by atoms with Crippen molar-refractivity contribution >= 4 is 11.3 Å². The Morgan fingerprint density at radius 3 is 2.32 bits per heavy atom. The van der Waals surface area contributed by atoms with E-state index >= 15 is 0 Å². The van der Waals surface area contributed by atoms with Gasteiger partial charge in [-0.3, -0.25) is 0 Å². The number of rotatable bonds is 2. The van der Waals surface area contributed by atoms with Crippen LogP contribution < -0.4 is 5.32 Å². The smallest absolute Gasteiger partial charge is 0.0670 e. The van der Waals surface area contributed by atoms with Crippen LogP contribution in [-0.2, 0) is 0 Å². The van der Waals surface area contributed by atoms with Crippen molar-refractivity contribution in [3.8, 4) is 0 Å². The monoisotopic (exact) mass is 327 g/mol. The van der Waals surface area contributed by atoms with Gasteiger partial charge in [0.2, 0.25) is 0 Å². The van der Waals surface area contributed by atoms with Crippen LogP contribution in [0.15, 0.2) is 71.8 Å². The molecule has 126 valence electrons. The molecule has 0 fully saturated rings. The van der Waals surface area contributed by atoms with Crippen LogP contribution in [-0.4, -0.2) is 6.04 Å². The molecule has 1 aliphatic heterocycles. The average Bonchev–Trinajstić information content (AvgIpc) is 2.62. The van der Waals surface area contributed by atoms with E-state index in [1.54, 1.807) is 0 Å². The van der Waals surface area contributed by atoms with E-state index < -0.39 is 0 Å². The molecule has 1 atom stereocenters. The van der Waals surface area contributed by atoms with Crippen LogP contribution in [0.5, 0.6) is 0 Å². The van der Waals surface area contributed by atoms with Crippen LogP contribution in [0.2, 0.25) is 0 Å². The number of hydrogen-bond donors (Lipinski definition) is 1. The third-order valence-electron chi connectivity index (χ3n) is 5.26. The van der Waals surface area contributed by atoms with E-state index in [-0.39, 0.29) is 6.04 Å². The largest absolute Gasteiger partial charge is 0.375 e. The number of nitrogens with one attached hydrogen (secondary N) is 1. The van der Waals surface area contributed by atoms with Gasteiger partial charge < -0.3 is 5.32 Å². The lowest BCUT2D eigenvalue weighted by molar-refractivity contribution is 0.834. The van der Waals surface area contributed by atoms with Crippen molar-refractivity contribution in [3.05, 3.63) is 94.1 Å². The first-order chi connectivity index (χ1) is 12.1. The first-order valence-electron chi connectivity index (χ1n) is 9.13. The molecule has 0 spiro atoms. The number of anilines is 1. The van der Waals surface area contributed by atoms with Gasteiger partial charge in [-0.15, -0.1) is 0 Å². The van der Waals surface area contributed by atoms with Crippen molar-refractivity contribution in [3.63, 3.8) is 0 Å². The molecular weight excluding hydrogens is 302 g/mol. The predicted octanol–water partition coefficient (Wildman–Crippen LogP) is 6.20. The van der Waals surface area contributed by atoms with Crippen LogP contribution in [0.4, 0.5) is 5.69 Å². The van der Waals surface area contributed by atoms with Crippen LogP contribution in [0.25, 0.3) is 5.57 Å². The van der Waals surface area contributed by atoms with Gasteiger partial charge in [-0.1, -0.05) is 59.2 Å². The molecule has 1 unspecified atom stereocenters. The maximum absolute atomic E-state index is 3.75. The fourth-order valence-corrected chi connectivity index (χ4v) is 3.67. The molecule has 0 bridgehead atoms. The minimum Gasteiger partial charge on any atom is -0.375 e. The van der Waals surface area contributed by atoms with E-state index in [4.69, 9.17) is 0 Å². The maximum Gasteiger partial charge on any atom is 0.0670 e. The molecule has 0 saturated carbocycles. The second kappa shape index (κ2) is 6.40. The fraction of sp³-hybridized carbons (Fsp3) is 0.250. The number of hydrogen-bond acceptors (Lipinski definition) is 1. The third kappa shape index (κ3) is 3.19. The molecule has 4 rings (SSSR count). The molecule has 1 aliphatic carbocycles. The first-order valence-corrected chi connectivity index (χ1v) is 9.13. The molecule has 0 radical (unpaired) electrons. The highest BCUT2D eigenvalue weighted by atomic mass is 14.9. The number of benzene rings is 2. The molecule has 25 heavy (non-hydrogen) atoms. The standard InChI is InChI=1S/C24H25N/c1-16-4-9-19(10-5-16)21-15-24(20-11-6-17(2)7-12-20)25-23-13-8-18(3)14-22(21)23/h4-6,8-11,13-15,24-25H,7,12H2,1-3H3. The molecule has 2 aromatic rings. The highest BCUT2D eigenvalue weighted by Crippen LogP contribution is 2.37. The van der Waals surface area contributed by atoms with E-state index in [2.05, 4.69) is 86.8 Å². The zero-order valence-corrected chi connectivity index (χ0v) is 15.3. The van der Waals surface area contributed by atoms with Gasteiger partial charge >= 0.3 is 0 Å². The molecule has 1 heteroatoms. The van der Waals surface area contributed by atoms with E-state index in [0.717, 1.165) is 6.42 Å². The summed E-state index contributed by atoms with van der Waals surface area (Å²) < 4.78 is 0. The second-order valence-electron chi connectivity index (χ2n) is 7.37. The molecule has 0 amide bonds. The highest BCUT2D eigenvalue weighted by molar-refractivity contribution is 5.89. The summed E-state index contributed by atoms with van der Waals surface area (Å²) in [4.78, 5) is 0. The van der Waals surface area contributed by atoms with E-state index in [1.807, 2.05) is 0 Å². The Kier molecular flexibility index (Phi) is 4.09.